The number of likely N-dealkylation sites (tertiary alicyclic amines) is 1. The molecule has 1 atom stereocenters. The molecule has 1 aliphatic rings. The maximum atomic E-state index is 13.0. The Morgan fingerprint density at radius 2 is 2.20 bits per heavy atom. The number of imidazole rings is 1. The Morgan fingerprint density at radius 3 is 3.00 bits per heavy atom. The number of H-pyrrole nitrogens is 1. The summed E-state index contributed by atoms with van der Waals surface area (Å²) in [5.74, 6) is 1.39. The molecule has 0 radical (unpaired) electrons. The number of fused-ring (bicyclic) bond motifs is 1. The van der Waals surface area contributed by atoms with Crippen molar-refractivity contribution in [2.24, 2.45) is 0 Å². The number of thiazole rings is 1. The van der Waals surface area contributed by atoms with Gasteiger partial charge in [0.25, 0.3) is 5.91 Å². The summed E-state index contributed by atoms with van der Waals surface area (Å²) in [5, 5.41) is 0.964. The number of carbonyl (C=O) groups excluding carboxylic acids is 1. The number of carbonyl (C=O) groups is 1. The van der Waals surface area contributed by atoms with Crippen LogP contribution in [0.15, 0.2) is 24.3 Å². The van der Waals surface area contributed by atoms with E-state index in [1.807, 2.05) is 36.1 Å². The lowest BCUT2D eigenvalue weighted by molar-refractivity contribution is 0.0708. The predicted octanol–water partition coefficient (Wildman–Crippen LogP) is 3.91. The van der Waals surface area contributed by atoms with Crippen molar-refractivity contribution in [2.45, 2.75) is 39.0 Å². The van der Waals surface area contributed by atoms with Crippen molar-refractivity contribution in [3.63, 3.8) is 0 Å². The molecular formula is C19H22N4OS. The predicted molar refractivity (Wildman–Crippen MR) is 100 cm³/mol. The van der Waals surface area contributed by atoms with Gasteiger partial charge in [0.1, 0.15) is 10.7 Å². The zero-order chi connectivity index (χ0) is 17.4. The molecule has 5 nitrogen and oxygen atoms in total. The Labute approximate surface area is 151 Å². The van der Waals surface area contributed by atoms with Crippen molar-refractivity contribution in [2.75, 3.05) is 13.1 Å². The normalized spacial score (nSPS) is 18.0. The van der Waals surface area contributed by atoms with Crippen molar-refractivity contribution in [1.29, 1.82) is 0 Å². The summed E-state index contributed by atoms with van der Waals surface area (Å²) in [5.41, 5.74) is 2.98. The Bertz CT molecular complexity index is 880. The zero-order valence-electron chi connectivity index (χ0n) is 14.6. The van der Waals surface area contributed by atoms with Gasteiger partial charge >= 0.3 is 0 Å². The van der Waals surface area contributed by atoms with Crippen molar-refractivity contribution in [1.82, 2.24) is 19.9 Å². The number of rotatable bonds is 3. The third-order valence-corrected chi connectivity index (χ3v) is 5.84. The third kappa shape index (κ3) is 3.06. The summed E-state index contributed by atoms with van der Waals surface area (Å²) < 4.78 is 0. The van der Waals surface area contributed by atoms with Crippen LogP contribution in [0.4, 0.5) is 0 Å². The first-order chi connectivity index (χ1) is 12.2. The molecule has 1 saturated heterocycles. The minimum Gasteiger partial charge on any atom is -0.342 e. The number of hydrogen-bond acceptors (Lipinski definition) is 4. The summed E-state index contributed by atoms with van der Waals surface area (Å²) in [6.45, 7) is 5.56. The lowest BCUT2D eigenvalue weighted by Gasteiger charge is -2.31. The Morgan fingerprint density at radius 1 is 1.36 bits per heavy atom. The highest BCUT2D eigenvalue weighted by molar-refractivity contribution is 7.13. The molecule has 0 saturated carbocycles. The van der Waals surface area contributed by atoms with Gasteiger partial charge in [-0.3, -0.25) is 4.79 Å². The molecule has 1 amide bonds. The SMILES string of the molecule is CCc1nc(C)sc1C(=O)N1CCCC(c2nc3ccccc3[nH]2)C1. The van der Waals surface area contributed by atoms with Gasteiger partial charge in [0.2, 0.25) is 0 Å². The van der Waals surface area contributed by atoms with Gasteiger partial charge in [-0.15, -0.1) is 11.3 Å². The first kappa shape index (κ1) is 16.3. The van der Waals surface area contributed by atoms with Crippen LogP contribution in [0.25, 0.3) is 11.0 Å². The quantitative estimate of drug-likeness (QED) is 0.776. The van der Waals surface area contributed by atoms with E-state index < -0.39 is 0 Å². The number of hydrogen-bond donors (Lipinski definition) is 1. The van der Waals surface area contributed by atoms with Crippen LogP contribution >= 0.6 is 11.3 Å². The molecule has 3 heterocycles. The Balaban J connectivity index is 1.57. The number of piperidine rings is 1. The van der Waals surface area contributed by atoms with Crippen LogP contribution in [0.2, 0.25) is 0 Å². The second-order valence-corrected chi connectivity index (χ2v) is 7.79. The van der Waals surface area contributed by atoms with E-state index in [0.717, 1.165) is 64.8 Å². The third-order valence-electron chi connectivity index (χ3n) is 4.84. The monoisotopic (exact) mass is 354 g/mol. The van der Waals surface area contributed by atoms with Crippen LogP contribution in [0.5, 0.6) is 0 Å². The Kier molecular flexibility index (Phi) is 4.29. The van der Waals surface area contributed by atoms with E-state index in [1.54, 1.807) is 0 Å². The molecule has 130 valence electrons. The highest BCUT2D eigenvalue weighted by Gasteiger charge is 2.29. The van der Waals surface area contributed by atoms with Gasteiger partial charge in [0.05, 0.1) is 21.7 Å². The number of nitrogens with one attached hydrogen (secondary N) is 1. The molecule has 1 aromatic carbocycles. The second-order valence-electron chi connectivity index (χ2n) is 6.59. The summed E-state index contributed by atoms with van der Waals surface area (Å²) >= 11 is 1.52. The zero-order valence-corrected chi connectivity index (χ0v) is 15.4. The number of aromatic amines is 1. The molecule has 1 N–H and O–H groups in total. The lowest BCUT2D eigenvalue weighted by atomic mass is 9.97. The molecule has 0 aliphatic carbocycles. The second kappa shape index (κ2) is 6.59. The molecule has 6 heteroatoms. The average molecular weight is 354 g/mol. The van der Waals surface area contributed by atoms with Crippen LogP contribution in [0.3, 0.4) is 0 Å². The maximum absolute atomic E-state index is 13.0. The van der Waals surface area contributed by atoms with E-state index in [-0.39, 0.29) is 11.8 Å². The molecule has 25 heavy (non-hydrogen) atoms. The maximum Gasteiger partial charge on any atom is 0.265 e. The number of aryl methyl sites for hydroxylation is 2. The summed E-state index contributed by atoms with van der Waals surface area (Å²) in [6.07, 6.45) is 2.87. The van der Waals surface area contributed by atoms with Gasteiger partial charge in [0, 0.05) is 19.0 Å². The smallest absolute Gasteiger partial charge is 0.265 e. The molecular weight excluding hydrogens is 332 g/mol. The first-order valence-corrected chi connectivity index (χ1v) is 9.67. The summed E-state index contributed by atoms with van der Waals surface area (Å²) in [4.78, 5) is 28.5. The molecule has 2 aromatic heterocycles. The average Bonchev–Trinajstić information content (AvgIpc) is 3.24. The van der Waals surface area contributed by atoms with E-state index in [4.69, 9.17) is 4.98 Å². The number of amides is 1. The molecule has 1 fully saturated rings. The number of para-hydroxylation sites is 2. The largest absolute Gasteiger partial charge is 0.342 e. The van der Waals surface area contributed by atoms with Crippen LogP contribution in [-0.2, 0) is 6.42 Å². The molecule has 1 aliphatic heterocycles. The fraction of sp³-hybridized carbons (Fsp3) is 0.421. The fourth-order valence-corrected chi connectivity index (χ4v) is 4.55. The van der Waals surface area contributed by atoms with E-state index in [0.29, 0.717) is 0 Å². The lowest BCUT2D eigenvalue weighted by Crippen LogP contribution is -2.39. The van der Waals surface area contributed by atoms with E-state index >= 15 is 0 Å². The fourth-order valence-electron chi connectivity index (χ4n) is 3.57. The highest BCUT2D eigenvalue weighted by atomic mass is 32.1. The topological polar surface area (TPSA) is 61.9 Å². The highest BCUT2D eigenvalue weighted by Crippen LogP contribution is 2.29. The molecule has 0 bridgehead atoms. The van der Waals surface area contributed by atoms with E-state index in [9.17, 15) is 4.79 Å². The Hall–Kier alpha value is -2.21. The van der Waals surface area contributed by atoms with Crippen LogP contribution in [0.1, 0.15) is 51.9 Å². The van der Waals surface area contributed by atoms with Gasteiger partial charge in [-0.1, -0.05) is 19.1 Å². The van der Waals surface area contributed by atoms with Gasteiger partial charge in [-0.25, -0.2) is 9.97 Å². The van der Waals surface area contributed by atoms with Gasteiger partial charge in [-0.05, 0) is 38.3 Å². The number of aromatic nitrogens is 3. The molecule has 0 spiro atoms. The minimum atomic E-state index is 0.128. The summed E-state index contributed by atoms with van der Waals surface area (Å²) in [7, 11) is 0. The van der Waals surface area contributed by atoms with Crippen molar-refractivity contribution < 1.29 is 4.79 Å². The molecule has 4 rings (SSSR count). The van der Waals surface area contributed by atoms with Crippen LogP contribution in [0, 0.1) is 6.92 Å². The van der Waals surface area contributed by atoms with Crippen molar-refractivity contribution in [3.8, 4) is 0 Å². The summed E-state index contributed by atoms with van der Waals surface area (Å²) in [6, 6.07) is 8.08. The van der Waals surface area contributed by atoms with E-state index in [2.05, 4.69) is 16.9 Å². The minimum absolute atomic E-state index is 0.128. The molecule has 1 unspecified atom stereocenters. The number of benzene rings is 1. The first-order valence-electron chi connectivity index (χ1n) is 8.86. The number of nitrogens with zero attached hydrogens (tertiary/aromatic N) is 3. The van der Waals surface area contributed by atoms with E-state index in [1.165, 1.54) is 11.3 Å². The van der Waals surface area contributed by atoms with Crippen LogP contribution < -0.4 is 0 Å². The van der Waals surface area contributed by atoms with Crippen LogP contribution in [-0.4, -0.2) is 38.8 Å². The van der Waals surface area contributed by atoms with Gasteiger partial charge < -0.3 is 9.88 Å². The van der Waals surface area contributed by atoms with Gasteiger partial charge in [0.15, 0.2) is 0 Å². The van der Waals surface area contributed by atoms with Crippen molar-refractivity contribution >= 4 is 28.3 Å². The van der Waals surface area contributed by atoms with Gasteiger partial charge in [-0.2, -0.15) is 0 Å². The van der Waals surface area contributed by atoms with Crippen molar-refractivity contribution in [3.05, 3.63) is 45.7 Å². The molecule has 3 aromatic rings. The standard InChI is InChI=1S/C19H22N4OS/c1-3-14-17(25-12(2)20-14)19(24)23-10-6-7-13(11-23)18-21-15-8-4-5-9-16(15)22-18/h4-5,8-9,13H,3,6-7,10-11H2,1-2H3,(H,21,22).